The second kappa shape index (κ2) is 6.83. The molecule has 0 radical (unpaired) electrons. The first-order valence-electron chi connectivity index (χ1n) is 7.88. The minimum absolute atomic E-state index is 0.177. The lowest BCUT2D eigenvalue weighted by atomic mass is 9.95. The van der Waals surface area contributed by atoms with Gasteiger partial charge in [0.2, 0.25) is 0 Å². The van der Waals surface area contributed by atoms with Crippen LogP contribution in [0, 0.1) is 11.3 Å². The molecule has 1 aromatic carbocycles. The van der Waals surface area contributed by atoms with E-state index >= 15 is 0 Å². The molecule has 1 aliphatic heterocycles. The van der Waals surface area contributed by atoms with Crippen LogP contribution in [0.2, 0.25) is 0 Å². The molecule has 1 aromatic rings. The van der Waals surface area contributed by atoms with Gasteiger partial charge in [-0.25, -0.2) is 4.79 Å². The van der Waals surface area contributed by atoms with Crippen LogP contribution in [-0.4, -0.2) is 29.2 Å². The van der Waals surface area contributed by atoms with Crippen LogP contribution in [0.4, 0.5) is 4.79 Å². The predicted molar refractivity (Wildman–Crippen MR) is 85.4 cm³/mol. The Hall–Kier alpha value is -2.02. The fourth-order valence-electron chi connectivity index (χ4n) is 2.76. The molecule has 0 spiro atoms. The highest BCUT2D eigenvalue weighted by molar-refractivity contribution is 5.68. The second-order valence-corrected chi connectivity index (χ2v) is 6.84. The van der Waals surface area contributed by atoms with Crippen LogP contribution in [0.15, 0.2) is 24.3 Å². The van der Waals surface area contributed by atoms with Crippen LogP contribution in [0.5, 0.6) is 0 Å². The van der Waals surface area contributed by atoms with E-state index in [1.165, 1.54) is 0 Å². The number of carbonyl (C=O) groups excluding carboxylic acids is 1. The summed E-state index contributed by atoms with van der Waals surface area (Å²) in [6, 6.07) is 9.91. The quantitative estimate of drug-likeness (QED) is 0.832. The molecule has 118 valence electrons. The van der Waals surface area contributed by atoms with Crippen molar-refractivity contribution < 1.29 is 9.53 Å². The van der Waals surface area contributed by atoms with Crippen molar-refractivity contribution in [2.75, 3.05) is 6.54 Å². The molecule has 1 heterocycles. The van der Waals surface area contributed by atoms with E-state index in [2.05, 4.69) is 6.07 Å². The van der Waals surface area contributed by atoms with E-state index in [4.69, 9.17) is 10.00 Å². The standard InChI is InChI=1S/C18H24N2O2/c1-18(2,3)22-17(21)20-11-5-4-6-16(20)12-14-7-9-15(13-19)10-8-14/h7-10,16H,4-6,11-12H2,1-3H3. The van der Waals surface area contributed by atoms with Gasteiger partial charge >= 0.3 is 6.09 Å². The molecule has 0 saturated carbocycles. The second-order valence-electron chi connectivity index (χ2n) is 6.84. The average Bonchev–Trinajstić information content (AvgIpc) is 2.47. The molecule has 0 bridgehead atoms. The fraction of sp³-hybridized carbons (Fsp3) is 0.556. The molecule has 4 heteroatoms. The molecule has 0 N–H and O–H groups in total. The van der Waals surface area contributed by atoms with Gasteiger partial charge in [0, 0.05) is 12.6 Å². The third-order valence-electron chi connectivity index (χ3n) is 3.81. The number of benzene rings is 1. The summed E-state index contributed by atoms with van der Waals surface area (Å²) in [5, 5.41) is 8.85. The van der Waals surface area contributed by atoms with Crippen molar-refractivity contribution in [2.45, 2.75) is 58.1 Å². The minimum Gasteiger partial charge on any atom is -0.444 e. The van der Waals surface area contributed by atoms with Gasteiger partial charge in [-0.3, -0.25) is 0 Å². The van der Waals surface area contributed by atoms with E-state index in [-0.39, 0.29) is 12.1 Å². The summed E-state index contributed by atoms with van der Waals surface area (Å²) in [6.07, 6.45) is 3.76. The maximum Gasteiger partial charge on any atom is 0.410 e. The van der Waals surface area contributed by atoms with Gasteiger partial charge in [0.1, 0.15) is 5.60 Å². The Labute approximate surface area is 132 Å². The summed E-state index contributed by atoms with van der Waals surface area (Å²) in [5.74, 6) is 0. The summed E-state index contributed by atoms with van der Waals surface area (Å²) in [6.45, 7) is 6.44. The van der Waals surface area contributed by atoms with E-state index in [1.54, 1.807) is 0 Å². The topological polar surface area (TPSA) is 53.3 Å². The van der Waals surface area contributed by atoms with Gasteiger partial charge in [-0.05, 0) is 64.2 Å². The lowest BCUT2D eigenvalue weighted by Crippen LogP contribution is -2.47. The largest absolute Gasteiger partial charge is 0.444 e. The predicted octanol–water partition coefficient (Wildman–Crippen LogP) is 3.89. The molecule has 1 aliphatic rings. The van der Waals surface area contributed by atoms with Gasteiger partial charge in [-0.2, -0.15) is 5.26 Å². The molecule has 1 unspecified atom stereocenters. The third-order valence-corrected chi connectivity index (χ3v) is 3.81. The summed E-state index contributed by atoms with van der Waals surface area (Å²) in [5.41, 5.74) is 1.35. The monoisotopic (exact) mass is 300 g/mol. The lowest BCUT2D eigenvalue weighted by Gasteiger charge is -2.37. The van der Waals surface area contributed by atoms with Gasteiger partial charge in [-0.1, -0.05) is 12.1 Å². The van der Waals surface area contributed by atoms with Crippen molar-refractivity contribution >= 4 is 6.09 Å². The summed E-state index contributed by atoms with van der Waals surface area (Å²) < 4.78 is 5.53. The number of hydrogen-bond donors (Lipinski definition) is 0. The zero-order valence-corrected chi connectivity index (χ0v) is 13.6. The Morgan fingerprint density at radius 1 is 1.32 bits per heavy atom. The first-order chi connectivity index (χ1) is 10.4. The first-order valence-corrected chi connectivity index (χ1v) is 7.88. The smallest absolute Gasteiger partial charge is 0.410 e. The molecule has 1 fully saturated rings. The number of rotatable bonds is 2. The van der Waals surface area contributed by atoms with Crippen LogP contribution in [-0.2, 0) is 11.2 Å². The Bertz CT molecular complexity index is 552. The van der Waals surface area contributed by atoms with Crippen LogP contribution in [0.25, 0.3) is 0 Å². The van der Waals surface area contributed by atoms with Crippen molar-refractivity contribution in [3.8, 4) is 6.07 Å². The van der Waals surface area contributed by atoms with Crippen LogP contribution >= 0.6 is 0 Å². The van der Waals surface area contributed by atoms with Crippen LogP contribution in [0.3, 0.4) is 0 Å². The van der Waals surface area contributed by atoms with E-state index in [0.717, 1.165) is 37.8 Å². The van der Waals surface area contributed by atoms with Gasteiger partial charge in [0.15, 0.2) is 0 Å². The minimum atomic E-state index is -0.465. The lowest BCUT2D eigenvalue weighted by molar-refractivity contribution is 0.00995. The van der Waals surface area contributed by atoms with Gasteiger partial charge in [0.05, 0.1) is 11.6 Å². The number of nitrogens with zero attached hydrogens (tertiary/aromatic N) is 2. The van der Waals surface area contributed by atoms with Crippen molar-refractivity contribution in [1.82, 2.24) is 4.90 Å². The maximum atomic E-state index is 12.4. The third kappa shape index (κ3) is 4.49. The highest BCUT2D eigenvalue weighted by atomic mass is 16.6. The van der Waals surface area contributed by atoms with Crippen molar-refractivity contribution in [3.05, 3.63) is 35.4 Å². The zero-order valence-electron chi connectivity index (χ0n) is 13.6. The highest BCUT2D eigenvalue weighted by Gasteiger charge is 2.30. The van der Waals surface area contributed by atoms with Gasteiger partial charge < -0.3 is 9.64 Å². The molecule has 0 aromatic heterocycles. The Kier molecular flexibility index (Phi) is 5.07. The average molecular weight is 300 g/mol. The zero-order chi connectivity index (χ0) is 16.2. The number of hydrogen-bond acceptors (Lipinski definition) is 3. The van der Waals surface area contributed by atoms with E-state index < -0.39 is 5.60 Å². The number of ether oxygens (including phenoxy) is 1. The Morgan fingerprint density at radius 3 is 2.59 bits per heavy atom. The molecule has 4 nitrogen and oxygen atoms in total. The SMILES string of the molecule is CC(C)(C)OC(=O)N1CCCCC1Cc1ccc(C#N)cc1. The maximum absolute atomic E-state index is 12.4. The first kappa shape index (κ1) is 16.4. The molecule has 2 rings (SSSR count). The number of nitriles is 1. The Balaban J connectivity index is 2.06. The number of piperidine rings is 1. The molecular formula is C18H24N2O2. The highest BCUT2D eigenvalue weighted by Crippen LogP contribution is 2.23. The van der Waals surface area contributed by atoms with Crippen LogP contribution in [0.1, 0.15) is 51.2 Å². The molecule has 1 atom stereocenters. The molecule has 1 amide bonds. The molecule has 0 aliphatic carbocycles. The summed E-state index contributed by atoms with van der Waals surface area (Å²) in [7, 11) is 0. The van der Waals surface area contributed by atoms with E-state index in [0.29, 0.717) is 5.56 Å². The van der Waals surface area contributed by atoms with E-state index in [1.807, 2.05) is 49.9 Å². The Morgan fingerprint density at radius 2 is 2.00 bits per heavy atom. The molecule has 1 saturated heterocycles. The normalized spacial score (nSPS) is 18.6. The van der Waals surface area contributed by atoms with Gasteiger partial charge in [-0.15, -0.1) is 0 Å². The van der Waals surface area contributed by atoms with Crippen molar-refractivity contribution in [2.24, 2.45) is 0 Å². The number of likely N-dealkylation sites (tertiary alicyclic amines) is 1. The number of carbonyl (C=O) groups is 1. The van der Waals surface area contributed by atoms with Crippen molar-refractivity contribution in [1.29, 1.82) is 5.26 Å². The van der Waals surface area contributed by atoms with Crippen LogP contribution < -0.4 is 0 Å². The van der Waals surface area contributed by atoms with Gasteiger partial charge in [0.25, 0.3) is 0 Å². The van der Waals surface area contributed by atoms with Crippen molar-refractivity contribution in [3.63, 3.8) is 0 Å². The summed E-state index contributed by atoms with van der Waals surface area (Å²) in [4.78, 5) is 14.2. The summed E-state index contributed by atoms with van der Waals surface area (Å²) >= 11 is 0. The van der Waals surface area contributed by atoms with E-state index in [9.17, 15) is 4.79 Å². The fourth-order valence-corrected chi connectivity index (χ4v) is 2.76. The number of amides is 1. The molecular weight excluding hydrogens is 276 g/mol. The molecule has 22 heavy (non-hydrogen) atoms.